The lowest BCUT2D eigenvalue weighted by Gasteiger charge is -2.33. The lowest BCUT2D eigenvalue weighted by atomic mass is 9.78. The minimum atomic E-state index is -0.149. The van der Waals surface area contributed by atoms with Gasteiger partial charge in [0.2, 0.25) is 11.8 Å². The number of amides is 1. The topological polar surface area (TPSA) is 88.2 Å². The zero-order valence-electron chi connectivity index (χ0n) is 19.5. The second kappa shape index (κ2) is 8.67. The molecular formula is C27H27N5O2. The molecule has 2 heterocycles. The van der Waals surface area contributed by atoms with Crippen LogP contribution in [0, 0.1) is 0 Å². The molecule has 3 N–H and O–H groups in total. The summed E-state index contributed by atoms with van der Waals surface area (Å²) in [5.41, 5.74) is 3.86. The predicted octanol–water partition coefficient (Wildman–Crippen LogP) is 5.81. The minimum Gasteiger partial charge on any atom is -0.439 e. The van der Waals surface area contributed by atoms with E-state index in [2.05, 4.69) is 45.8 Å². The molecule has 0 saturated heterocycles. The van der Waals surface area contributed by atoms with E-state index in [0.717, 1.165) is 35.1 Å². The first kappa shape index (κ1) is 21.7. The molecule has 1 aliphatic rings. The van der Waals surface area contributed by atoms with Crippen molar-refractivity contribution in [1.29, 1.82) is 0 Å². The Hall–Kier alpha value is -4.13. The van der Waals surface area contributed by atoms with Crippen LogP contribution >= 0.6 is 0 Å². The maximum absolute atomic E-state index is 13.2. The number of aromatic nitrogens is 2. The van der Waals surface area contributed by atoms with Gasteiger partial charge >= 0.3 is 0 Å². The van der Waals surface area contributed by atoms with Crippen LogP contribution in [0.15, 0.2) is 66.9 Å². The Bertz CT molecular complexity index is 1380. The Labute approximate surface area is 198 Å². The van der Waals surface area contributed by atoms with Crippen LogP contribution in [0.25, 0.3) is 10.8 Å². The zero-order chi connectivity index (χ0) is 23.7. The molecule has 0 spiro atoms. The lowest BCUT2D eigenvalue weighted by molar-refractivity contribution is 0.102. The molecular weight excluding hydrogens is 426 g/mol. The highest BCUT2D eigenvalue weighted by atomic mass is 16.5. The monoisotopic (exact) mass is 453 g/mol. The normalized spacial score (nSPS) is 14.1. The molecule has 0 aliphatic carbocycles. The van der Waals surface area contributed by atoms with Gasteiger partial charge in [0.1, 0.15) is 5.75 Å². The first-order valence-electron chi connectivity index (χ1n) is 11.3. The molecule has 1 amide bonds. The fourth-order valence-electron chi connectivity index (χ4n) is 4.36. The molecule has 7 heteroatoms. The molecule has 5 rings (SSSR count). The molecule has 1 aliphatic heterocycles. The number of hydrogen-bond acceptors (Lipinski definition) is 6. The molecule has 172 valence electrons. The van der Waals surface area contributed by atoms with Crippen LogP contribution in [-0.2, 0) is 5.41 Å². The summed E-state index contributed by atoms with van der Waals surface area (Å²) in [5, 5.41) is 11.2. The zero-order valence-corrected chi connectivity index (χ0v) is 19.5. The second-order valence-corrected chi connectivity index (χ2v) is 9.03. The number of carbonyl (C=O) groups is 1. The summed E-state index contributed by atoms with van der Waals surface area (Å²) in [6.07, 6.45) is 2.72. The third kappa shape index (κ3) is 4.24. The predicted molar refractivity (Wildman–Crippen MR) is 136 cm³/mol. The maximum atomic E-state index is 13.2. The van der Waals surface area contributed by atoms with Gasteiger partial charge in [-0.1, -0.05) is 32.0 Å². The van der Waals surface area contributed by atoms with Crippen molar-refractivity contribution in [2.75, 3.05) is 29.5 Å². The number of anilines is 3. The van der Waals surface area contributed by atoms with E-state index in [9.17, 15) is 4.79 Å². The van der Waals surface area contributed by atoms with Crippen LogP contribution < -0.4 is 20.7 Å². The molecule has 34 heavy (non-hydrogen) atoms. The molecule has 1 aromatic heterocycles. The average molecular weight is 454 g/mol. The van der Waals surface area contributed by atoms with E-state index >= 15 is 0 Å². The van der Waals surface area contributed by atoms with Gasteiger partial charge in [-0.25, -0.2) is 4.98 Å². The standard InChI is InChI=1S/C27H27N5O2/c1-27(2)12-14-29-23-16-18(7-10-22(23)27)31-25(33)21-6-4-5-17-15-19(8-9-20(17)21)34-24-11-13-30-26(28-3)32-24/h4-11,13,15-16,29H,12,14H2,1-3H3,(H,31,33)(H,28,30,32). The van der Waals surface area contributed by atoms with Crippen LogP contribution in [0.4, 0.5) is 17.3 Å². The summed E-state index contributed by atoms with van der Waals surface area (Å²) in [7, 11) is 1.75. The van der Waals surface area contributed by atoms with Gasteiger partial charge in [0.25, 0.3) is 5.91 Å². The molecule has 0 radical (unpaired) electrons. The molecule has 0 fully saturated rings. The molecule has 0 bridgehead atoms. The molecule has 7 nitrogen and oxygen atoms in total. The van der Waals surface area contributed by atoms with Crippen LogP contribution in [0.3, 0.4) is 0 Å². The van der Waals surface area contributed by atoms with Gasteiger partial charge in [0, 0.05) is 42.8 Å². The molecule has 3 aromatic carbocycles. The van der Waals surface area contributed by atoms with Crippen molar-refractivity contribution in [3.05, 3.63) is 78.0 Å². The van der Waals surface area contributed by atoms with Crippen molar-refractivity contribution >= 4 is 34.0 Å². The van der Waals surface area contributed by atoms with Gasteiger partial charge in [-0.3, -0.25) is 4.79 Å². The van der Waals surface area contributed by atoms with Crippen molar-refractivity contribution < 1.29 is 9.53 Å². The number of nitrogens with zero attached hydrogens (tertiary/aromatic N) is 2. The smallest absolute Gasteiger partial charge is 0.256 e. The highest BCUT2D eigenvalue weighted by Gasteiger charge is 2.27. The van der Waals surface area contributed by atoms with E-state index in [1.54, 1.807) is 19.3 Å². The molecule has 0 atom stereocenters. The Morgan fingerprint density at radius 2 is 1.97 bits per heavy atom. The van der Waals surface area contributed by atoms with Crippen molar-refractivity contribution in [3.63, 3.8) is 0 Å². The molecule has 0 saturated carbocycles. The fourth-order valence-corrected chi connectivity index (χ4v) is 4.36. The first-order valence-corrected chi connectivity index (χ1v) is 11.3. The van der Waals surface area contributed by atoms with E-state index < -0.39 is 0 Å². The van der Waals surface area contributed by atoms with Crippen molar-refractivity contribution in [2.24, 2.45) is 0 Å². The number of benzene rings is 3. The van der Waals surface area contributed by atoms with E-state index in [1.807, 2.05) is 48.5 Å². The van der Waals surface area contributed by atoms with E-state index in [0.29, 0.717) is 23.1 Å². The van der Waals surface area contributed by atoms with Crippen molar-refractivity contribution in [2.45, 2.75) is 25.7 Å². The number of nitrogens with one attached hydrogen (secondary N) is 3. The van der Waals surface area contributed by atoms with Crippen LogP contribution in [-0.4, -0.2) is 29.5 Å². The number of carbonyl (C=O) groups excluding carboxylic acids is 1. The lowest BCUT2D eigenvalue weighted by Crippen LogP contribution is -2.28. The third-order valence-electron chi connectivity index (χ3n) is 6.24. The number of fused-ring (bicyclic) bond motifs is 2. The van der Waals surface area contributed by atoms with Gasteiger partial charge < -0.3 is 20.7 Å². The van der Waals surface area contributed by atoms with Crippen molar-refractivity contribution in [1.82, 2.24) is 9.97 Å². The third-order valence-corrected chi connectivity index (χ3v) is 6.24. The summed E-state index contributed by atoms with van der Waals surface area (Å²) in [6.45, 7) is 5.43. The number of hydrogen-bond donors (Lipinski definition) is 3. The first-order chi connectivity index (χ1) is 16.4. The SMILES string of the molecule is CNc1nccc(Oc2ccc3c(C(=O)Nc4ccc5c(c4)NCCC5(C)C)cccc3c2)n1. The van der Waals surface area contributed by atoms with Gasteiger partial charge in [0.05, 0.1) is 0 Å². The van der Waals surface area contributed by atoms with Crippen molar-refractivity contribution in [3.8, 4) is 11.6 Å². The van der Waals surface area contributed by atoms with E-state index in [1.165, 1.54) is 5.56 Å². The summed E-state index contributed by atoms with van der Waals surface area (Å²) < 4.78 is 5.90. The fraction of sp³-hybridized carbons (Fsp3) is 0.222. The summed E-state index contributed by atoms with van der Waals surface area (Å²) in [5.74, 6) is 1.41. The van der Waals surface area contributed by atoms with Crippen LogP contribution in [0.1, 0.15) is 36.2 Å². The van der Waals surface area contributed by atoms with E-state index in [-0.39, 0.29) is 11.3 Å². The van der Waals surface area contributed by atoms with Gasteiger partial charge in [-0.15, -0.1) is 0 Å². The summed E-state index contributed by atoms with van der Waals surface area (Å²) in [6, 6.07) is 19.1. The Morgan fingerprint density at radius 3 is 2.82 bits per heavy atom. The highest BCUT2D eigenvalue weighted by molar-refractivity contribution is 6.13. The van der Waals surface area contributed by atoms with Gasteiger partial charge in [-0.05, 0) is 64.6 Å². The van der Waals surface area contributed by atoms with E-state index in [4.69, 9.17) is 4.74 Å². The highest BCUT2D eigenvalue weighted by Crippen LogP contribution is 2.38. The summed E-state index contributed by atoms with van der Waals surface area (Å²) in [4.78, 5) is 21.6. The van der Waals surface area contributed by atoms with Gasteiger partial charge in [0.15, 0.2) is 0 Å². The number of ether oxygens (including phenoxy) is 1. The second-order valence-electron chi connectivity index (χ2n) is 9.03. The van der Waals surface area contributed by atoms with Crippen LogP contribution in [0.2, 0.25) is 0 Å². The van der Waals surface area contributed by atoms with Crippen LogP contribution in [0.5, 0.6) is 11.6 Å². The number of rotatable bonds is 5. The van der Waals surface area contributed by atoms with Gasteiger partial charge in [-0.2, -0.15) is 4.98 Å². The minimum absolute atomic E-state index is 0.124. The molecule has 4 aromatic rings. The largest absolute Gasteiger partial charge is 0.439 e. The summed E-state index contributed by atoms with van der Waals surface area (Å²) >= 11 is 0. The maximum Gasteiger partial charge on any atom is 0.256 e. The average Bonchev–Trinajstić information content (AvgIpc) is 2.83. The Morgan fingerprint density at radius 1 is 1.09 bits per heavy atom. The molecule has 0 unspecified atom stereocenters. The Kier molecular flexibility index (Phi) is 5.53. The quantitative estimate of drug-likeness (QED) is 0.353. The Balaban J connectivity index is 1.39.